The van der Waals surface area contributed by atoms with Crippen molar-refractivity contribution in [1.82, 2.24) is 0 Å². The van der Waals surface area contributed by atoms with E-state index in [9.17, 15) is 22.0 Å². The molecule has 1 N–H and O–H groups in total. The number of amides is 1. The second-order valence-corrected chi connectivity index (χ2v) is 7.68. The molecule has 1 amide bonds. The first-order valence-electron chi connectivity index (χ1n) is 6.77. The van der Waals surface area contributed by atoms with E-state index in [1.165, 1.54) is 18.2 Å². The number of para-hydroxylation sites is 1. The molecule has 0 aliphatic rings. The Hall–Kier alpha value is -1.90. The molecule has 0 bridgehead atoms. The number of nitrogens with zero attached hydrogens (tertiary/aromatic N) is 1. The van der Waals surface area contributed by atoms with Gasteiger partial charge in [-0.05, 0) is 24.3 Å². The largest absolute Gasteiger partial charge is 0.320 e. The fourth-order valence-electron chi connectivity index (χ4n) is 1.99. The van der Waals surface area contributed by atoms with Crippen LogP contribution in [0.2, 0.25) is 10.0 Å². The second-order valence-electron chi connectivity index (χ2n) is 4.99. The van der Waals surface area contributed by atoms with Gasteiger partial charge >= 0.3 is 0 Å². The third kappa shape index (κ3) is 4.59. The molecule has 134 valence electrons. The van der Waals surface area contributed by atoms with Crippen LogP contribution in [-0.4, -0.2) is 27.1 Å². The third-order valence-electron chi connectivity index (χ3n) is 3.11. The summed E-state index contributed by atoms with van der Waals surface area (Å²) >= 11 is 11.9. The highest BCUT2D eigenvalue weighted by Gasteiger charge is 2.24. The van der Waals surface area contributed by atoms with Gasteiger partial charge in [-0.1, -0.05) is 35.3 Å². The van der Waals surface area contributed by atoms with Crippen LogP contribution < -0.4 is 9.62 Å². The highest BCUT2D eigenvalue weighted by atomic mass is 35.5. The monoisotopic (exact) mass is 408 g/mol. The molecule has 10 heteroatoms. The normalized spacial score (nSPS) is 11.2. The highest BCUT2D eigenvalue weighted by molar-refractivity contribution is 7.92. The highest BCUT2D eigenvalue weighted by Crippen LogP contribution is 2.33. The Morgan fingerprint density at radius 2 is 1.68 bits per heavy atom. The summed E-state index contributed by atoms with van der Waals surface area (Å²) in [7, 11) is -3.92. The number of hydrogen-bond acceptors (Lipinski definition) is 3. The molecular weight excluding hydrogens is 397 g/mol. The standard InChI is InChI=1S/C15H12Cl2F2N2O3S/c1-25(23,24)21(12-7-2-4-9(16)14(12)17)8-13(22)20-15-10(18)5-3-6-11(15)19/h2-7H,8H2,1H3,(H,20,22). The van der Waals surface area contributed by atoms with E-state index in [1.807, 2.05) is 5.32 Å². The van der Waals surface area contributed by atoms with Crippen LogP contribution in [0.4, 0.5) is 20.2 Å². The first-order chi connectivity index (χ1) is 11.6. The molecule has 2 rings (SSSR count). The first kappa shape index (κ1) is 19.4. The van der Waals surface area contributed by atoms with Gasteiger partial charge in [0.15, 0.2) is 0 Å². The van der Waals surface area contributed by atoms with Crippen molar-refractivity contribution >= 4 is 50.5 Å². The zero-order valence-corrected chi connectivity index (χ0v) is 15.1. The number of rotatable bonds is 5. The second kappa shape index (κ2) is 7.55. The molecule has 0 fully saturated rings. The summed E-state index contributed by atoms with van der Waals surface area (Å²) in [6, 6.07) is 7.31. The van der Waals surface area contributed by atoms with Crippen LogP contribution in [0, 0.1) is 11.6 Å². The number of carbonyl (C=O) groups excluding carboxylic acids is 1. The molecule has 0 radical (unpaired) electrons. The van der Waals surface area contributed by atoms with Crippen LogP contribution in [0.3, 0.4) is 0 Å². The molecule has 0 aliphatic carbocycles. The van der Waals surface area contributed by atoms with E-state index in [-0.39, 0.29) is 15.7 Å². The average molecular weight is 409 g/mol. The van der Waals surface area contributed by atoms with Crippen LogP contribution in [0.15, 0.2) is 36.4 Å². The summed E-state index contributed by atoms with van der Waals surface area (Å²) in [5.74, 6) is -2.93. The van der Waals surface area contributed by atoms with Crippen molar-refractivity contribution in [3.8, 4) is 0 Å². The Balaban J connectivity index is 2.32. The Morgan fingerprint density at radius 1 is 1.12 bits per heavy atom. The third-order valence-corrected chi connectivity index (χ3v) is 5.05. The number of carbonyl (C=O) groups is 1. The van der Waals surface area contributed by atoms with Gasteiger partial charge in [0.05, 0.1) is 22.0 Å². The van der Waals surface area contributed by atoms with Crippen molar-refractivity contribution < 1.29 is 22.0 Å². The van der Waals surface area contributed by atoms with Crippen LogP contribution in [0.1, 0.15) is 0 Å². The van der Waals surface area contributed by atoms with Crippen molar-refractivity contribution in [3.05, 3.63) is 58.1 Å². The zero-order valence-electron chi connectivity index (χ0n) is 12.8. The number of sulfonamides is 1. The Kier molecular flexibility index (Phi) is 5.87. The minimum Gasteiger partial charge on any atom is -0.320 e. The topological polar surface area (TPSA) is 66.5 Å². The smallest absolute Gasteiger partial charge is 0.245 e. The minimum absolute atomic E-state index is 0.0270. The van der Waals surface area contributed by atoms with Gasteiger partial charge in [-0.3, -0.25) is 9.10 Å². The van der Waals surface area contributed by atoms with E-state index in [0.717, 1.165) is 24.5 Å². The molecular formula is C15H12Cl2F2N2O3S. The molecule has 2 aromatic carbocycles. The molecule has 2 aromatic rings. The van der Waals surface area contributed by atoms with Crippen LogP contribution in [0.5, 0.6) is 0 Å². The number of anilines is 2. The lowest BCUT2D eigenvalue weighted by molar-refractivity contribution is -0.114. The van der Waals surface area contributed by atoms with Gasteiger partial charge < -0.3 is 5.32 Å². The maximum atomic E-state index is 13.6. The van der Waals surface area contributed by atoms with Crippen LogP contribution >= 0.6 is 23.2 Å². The van der Waals surface area contributed by atoms with Gasteiger partial charge in [-0.2, -0.15) is 0 Å². The van der Waals surface area contributed by atoms with Crippen LogP contribution in [0.25, 0.3) is 0 Å². The van der Waals surface area contributed by atoms with Crippen molar-refractivity contribution in [2.75, 3.05) is 22.4 Å². The lowest BCUT2D eigenvalue weighted by atomic mass is 10.3. The van der Waals surface area contributed by atoms with Gasteiger partial charge in [0.25, 0.3) is 0 Å². The van der Waals surface area contributed by atoms with E-state index in [0.29, 0.717) is 4.31 Å². The maximum Gasteiger partial charge on any atom is 0.245 e. The first-order valence-corrected chi connectivity index (χ1v) is 9.37. The molecule has 0 unspecified atom stereocenters. The molecule has 0 aliphatic heterocycles. The molecule has 0 saturated carbocycles. The summed E-state index contributed by atoms with van der Waals surface area (Å²) < 4.78 is 51.9. The van der Waals surface area contributed by atoms with Crippen molar-refractivity contribution in [2.24, 2.45) is 0 Å². The summed E-state index contributed by atoms with van der Waals surface area (Å²) in [5, 5.41) is 2.03. The van der Waals surface area contributed by atoms with E-state index in [1.54, 1.807) is 0 Å². The fourth-order valence-corrected chi connectivity index (χ4v) is 3.30. The summed E-state index contributed by atoms with van der Waals surface area (Å²) in [4.78, 5) is 12.1. The summed E-state index contributed by atoms with van der Waals surface area (Å²) in [6.45, 7) is -0.743. The number of benzene rings is 2. The van der Waals surface area contributed by atoms with Crippen molar-refractivity contribution in [2.45, 2.75) is 0 Å². The number of halogens is 4. The quantitative estimate of drug-likeness (QED) is 0.820. The SMILES string of the molecule is CS(=O)(=O)N(CC(=O)Nc1c(F)cccc1F)c1cccc(Cl)c1Cl. The van der Waals surface area contributed by atoms with Gasteiger partial charge in [-0.15, -0.1) is 0 Å². The molecule has 0 heterocycles. The Labute approximate surface area is 153 Å². The number of nitrogens with one attached hydrogen (secondary N) is 1. The van der Waals surface area contributed by atoms with Gasteiger partial charge in [0.2, 0.25) is 15.9 Å². The lowest BCUT2D eigenvalue weighted by Crippen LogP contribution is -2.37. The molecule has 0 spiro atoms. The Morgan fingerprint density at radius 3 is 2.24 bits per heavy atom. The lowest BCUT2D eigenvalue weighted by Gasteiger charge is -2.23. The number of hydrogen-bond donors (Lipinski definition) is 1. The minimum atomic E-state index is -3.92. The van der Waals surface area contributed by atoms with Crippen molar-refractivity contribution in [1.29, 1.82) is 0 Å². The molecule has 0 aromatic heterocycles. The zero-order chi connectivity index (χ0) is 18.8. The van der Waals surface area contributed by atoms with Gasteiger partial charge in [-0.25, -0.2) is 17.2 Å². The van der Waals surface area contributed by atoms with E-state index in [4.69, 9.17) is 23.2 Å². The average Bonchev–Trinajstić information content (AvgIpc) is 2.51. The maximum absolute atomic E-state index is 13.6. The summed E-state index contributed by atoms with van der Waals surface area (Å²) in [6.07, 6.45) is 0.862. The molecule has 0 saturated heterocycles. The van der Waals surface area contributed by atoms with Gasteiger partial charge in [0.1, 0.15) is 23.9 Å². The molecule has 5 nitrogen and oxygen atoms in total. The Bertz CT molecular complexity index is 903. The molecule has 25 heavy (non-hydrogen) atoms. The van der Waals surface area contributed by atoms with E-state index < -0.39 is 39.8 Å². The van der Waals surface area contributed by atoms with Crippen molar-refractivity contribution in [3.63, 3.8) is 0 Å². The predicted octanol–water partition coefficient (Wildman–Crippen LogP) is 3.68. The summed E-state index contributed by atoms with van der Waals surface area (Å²) in [5.41, 5.74) is -0.695. The molecule has 0 atom stereocenters. The fraction of sp³-hybridized carbons (Fsp3) is 0.133. The van der Waals surface area contributed by atoms with Crippen LogP contribution in [-0.2, 0) is 14.8 Å². The van der Waals surface area contributed by atoms with E-state index >= 15 is 0 Å². The van der Waals surface area contributed by atoms with E-state index in [2.05, 4.69) is 0 Å². The van der Waals surface area contributed by atoms with Gasteiger partial charge in [0, 0.05) is 0 Å². The predicted molar refractivity (Wildman–Crippen MR) is 93.6 cm³/mol.